The molecule has 1 aromatic carbocycles. The zero-order valence-electron chi connectivity index (χ0n) is 12.7. The van der Waals surface area contributed by atoms with Crippen LogP contribution in [0.5, 0.6) is 5.75 Å². The first kappa shape index (κ1) is 16.8. The van der Waals surface area contributed by atoms with E-state index in [2.05, 4.69) is 20.3 Å². The zero-order valence-corrected chi connectivity index (χ0v) is 13.5. The summed E-state index contributed by atoms with van der Waals surface area (Å²) in [4.78, 5) is 22.9. The second kappa shape index (κ2) is 8.18. The lowest BCUT2D eigenvalue weighted by Gasteiger charge is -2.10. The lowest BCUT2D eigenvalue weighted by Crippen LogP contribution is -2.32. The van der Waals surface area contributed by atoms with Gasteiger partial charge in [0.15, 0.2) is 5.16 Å². The summed E-state index contributed by atoms with van der Waals surface area (Å²) in [6.07, 6.45) is 0.771. The van der Waals surface area contributed by atoms with E-state index in [1.165, 1.54) is 6.33 Å². The van der Waals surface area contributed by atoms with Gasteiger partial charge in [-0.25, -0.2) is 4.79 Å². The summed E-state index contributed by atoms with van der Waals surface area (Å²) in [6, 6.07) is 7.38. The van der Waals surface area contributed by atoms with Crippen LogP contribution in [0.25, 0.3) is 5.69 Å². The van der Waals surface area contributed by atoms with Crippen molar-refractivity contribution in [2.75, 3.05) is 19.5 Å². The number of alkyl carbamates (subject to hydrolysis) is 1. The Kier molecular flexibility index (Phi) is 5.98. The molecule has 0 aliphatic rings. The lowest BCUT2D eigenvalue weighted by molar-refractivity contribution is -0.117. The summed E-state index contributed by atoms with van der Waals surface area (Å²) in [6.45, 7) is 1.86. The molecule has 0 bridgehead atoms. The van der Waals surface area contributed by atoms with Crippen molar-refractivity contribution >= 4 is 23.8 Å². The summed E-state index contributed by atoms with van der Waals surface area (Å²) in [5.41, 5.74) is 0.758. The second-order valence-corrected chi connectivity index (χ2v) is 5.16. The fourth-order valence-electron chi connectivity index (χ4n) is 1.76. The minimum atomic E-state index is -0.760. The topological polar surface area (TPSA) is 95.3 Å². The van der Waals surface area contributed by atoms with E-state index in [0.29, 0.717) is 10.9 Å². The second-order valence-electron chi connectivity index (χ2n) is 4.21. The quantitative estimate of drug-likeness (QED) is 0.801. The van der Waals surface area contributed by atoms with Crippen molar-refractivity contribution in [3.05, 3.63) is 30.6 Å². The van der Waals surface area contributed by atoms with Gasteiger partial charge < -0.3 is 9.47 Å². The van der Waals surface area contributed by atoms with E-state index in [1.54, 1.807) is 18.6 Å². The molecule has 0 saturated carbocycles. The van der Waals surface area contributed by atoms with Crippen LogP contribution in [0.4, 0.5) is 4.79 Å². The third-order valence-electron chi connectivity index (χ3n) is 2.71. The average Bonchev–Trinajstić information content (AvgIpc) is 3.01. The van der Waals surface area contributed by atoms with Gasteiger partial charge in [-0.05, 0) is 19.1 Å². The SMILES string of the molecule is CCOC(=O)NC(=O)CSc1nncn1-c1ccccc1OC. The van der Waals surface area contributed by atoms with Gasteiger partial charge >= 0.3 is 6.09 Å². The molecule has 0 atom stereocenters. The molecule has 2 aromatic rings. The summed E-state index contributed by atoms with van der Waals surface area (Å²) in [5, 5.41) is 10.5. The van der Waals surface area contributed by atoms with Crippen LogP contribution >= 0.6 is 11.8 Å². The Balaban J connectivity index is 2.04. The molecule has 0 aliphatic carbocycles. The molecule has 0 radical (unpaired) electrons. The van der Waals surface area contributed by atoms with Gasteiger partial charge in [-0.1, -0.05) is 23.9 Å². The number of methoxy groups -OCH3 is 1. The Hall–Kier alpha value is -2.55. The summed E-state index contributed by atoms with van der Waals surface area (Å²) < 4.78 is 11.7. The van der Waals surface area contributed by atoms with E-state index in [1.807, 2.05) is 24.3 Å². The van der Waals surface area contributed by atoms with Gasteiger partial charge in [-0.15, -0.1) is 10.2 Å². The number of benzene rings is 1. The highest BCUT2D eigenvalue weighted by molar-refractivity contribution is 7.99. The van der Waals surface area contributed by atoms with E-state index in [9.17, 15) is 9.59 Å². The maximum Gasteiger partial charge on any atom is 0.413 e. The highest BCUT2D eigenvalue weighted by Crippen LogP contribution is 2.26. The van der Waals surface area contributed by atoms with Crippen molar-refractivity contribution in [3.8, 4) is 11.4 Å². The van der Waals surface area contributed by atoms with Gasteiger partial charge in [0.1, 0.15) is 12.1 Å². The summed E-state index contributed by atoms with van der Waals surface area (Å²) in [7, 11) is 1.57. The fourth-order valence-corrected chi connectivity index (χ4v) is 2.49. The smallest absolute Gasteiger partial charge is 0.413 e. The molecule has 1 aromatic heterocycles. The van der Waals surface area contributed by atoms with Crippen LogP contribution in [0.3, 0.4) is 0 Å². The van der Waals surface area contributed by atoms with Crippen molar-refractivity contribution in [1.82, 2.24) is 20.1 Å². The molecule has 8 nitrogen and oxygen atoms in total. The standard InChI is InChI=1S/C14H16N4O4S/c1-3-22-14(20)16-12(19)8-23-13-17-15-9-18(13)10-6-4-5-7-11(10)21-2/h4-7,9H,3,8H2,1-2H3,(H,16,19,20). The van der Waals surface area contributed by atoms with E-state index >= 15 is 0 Å². The Labute approximate surface area is 137 Å². The monoisotopic (exact) mass is 336 g/mol. The van der Waals surface area contributed by atoms with Crippen LogP contribution in [0.2, 0.25) is 0 Å². The fraction of sp³-hybridized carbons (Fsp3) is 0.286. The number of thioether (sulfide) groups is 1. The molecular weight excluding hydrogens is 320 g/mol. The first-order valence-corrected chi connectivity index (χ1v) is 7.77. The number of carbonyl (C=O) groups is 2. The molecular formula is C14H16N4O4S. The van der Waals surface area contributed by atoms with Gasteiger partial charge in [0.2, 0.25) is 5.91 Å². The number of nitrogens with one attached hydrogen (secondary N) is 1. The maximum absolute atomic E-state index is 11.7. The molecule has 9 heteroatoms. The van der Waals surface area contributed by atoms with Crippen molar-refractivity contribution in [2.24, 2.45) is 0 Å². The number of carbonyl (C=O) groups excluding carboxylic acids is 2. The van der Waals surface area contributed by atoms with Gasteiger partial charge in [0.05, 0.1) is 25.2 Å². The van der Waals surface area contributed by atoms with Crippen LogP contribution in [-0.4, -0.2) is 46.2 Å². The van der Waals surface area contributed by atoms with Crippen LogP contribution < -0.4 is 10.1 Å². The van der Waals surface area contributed by atoms with Gasteiger partial charge in [0, 0.05) is 0 Å². The van der Waals surface area contributed by atoms with Gasteiger partial charge in [0.25, 0.3) is 0 Å². The molecule has 1 heterocycles. The molecule has 2 rings (SSSR count). The predicted octanol–water partition coefficient (Wildman–Crippen LogP) is 1.64. The Morgan fingerprint density at radius 1 is 1.35 bits per heavy atom. The third kappa shape index (κ3) is 4.46. The molecule has 0 spiro atoms. The molecule has 0 fully saturated rings. The Bertz CT molecular complexity index is 689. The maximum atomic E-state index is 11.7. The van der Waals surface area contributed by atoms with E-state index in [0.717, 1.165) is 17.4 Å². The number of nitrogens with zero attached hydrogens (tertiary/aromatic N) is 3. The number of ether oxygens (including phenoxy) is 2. The molecule has 0 aliphatic heterocycles. The van der Waals surface area contributed by atoms with Crippen molar-refractivity contribution in [2.45, 2.75) is 12.1 Å². The lowest BCUT2D eigenvalue weighted by atomic mass is 10.3. The molecule has 0 saturated heterocycles. The number of aromatic nitrogens is 3. The number of hydrogen-bond donors (Lipinski definition) is 1. The number of rotatable bonds is 6. The third-order valence-corrected chi connectivity index (χ3v) is 3.65. The van der Waals surface area contributed by atoms with Crippen LogP contribution in [0.1, 0.15) is 6.92 Å². The minimum absolute atomic E-state index is 0.00660. The van der Waals surface area contributed by atoms with E-state index < -0.39 is 12.0 Å². The van der Waals surface area contributed by atoms with Crippen molar-refractivity contribution in [1.29, 1.82) is 0 Å². The predicted molar refractivity (Wildman–Crippen MR) is 83.8 cm³/mol. The van der Waals surface area contributed by atoms with Crippen molar-refractivity contribution < 1.29 is 19.1 Å². The average molecular weight is 336 g/mol. The molecule has 122 valence electrons. The summed E-state index contributed by atoms with van der Waals surface area (Å²) >= 11 is 1.15. The highest BCUT2D eigenvalue weighted by Gasteiger charge is 2.14. The van der Waals surface area contributed by atoms with E-state index in [-0.39, 0.29) is 12.4 Å². The number of hydrogen-bond acceptors (Lipinski definition) is 7. The van der Waals surface area contributed by atoms with Crippen LogP contribution in [0.15, 0.2) is 35.7 Å². The summed E-state index contributed by atoms with van der Waals surface area (Å²) in [5.74, 6) is 0.195. The molecule has 0 unspecified atom stereocenters. The Morgan fingerprint density at radius 3 is 2.87 bits per heavy atom. The minimum Gasteiger partial charge on any atom is -0.495 e. The van der Waals surface area contributed by atoms with Crippen molar-refractivity contribution in [3.63, 3.8) is 0 Å². The number of para-hydroxylation sites is 2. The molecule has 23 heavy (non-hydrogen) atoms. The Morgan fingerprint density at radius 2 is 2.13 bits per heavy atom. The zero-order chi connectivity index (χ0) is 16.7. The van der Waals surface area contributed by atoms with Gasteiger partial charge in [-0.3, -0.25) is 14.7 Å². The van der Waals surface area contributed by atoms with Gasteiger partial charge in [-0.2, -0.15) is 0 Å². The first-order chi connectivity index (χ1) is 11.2. The highest BCUT2D eigenvalue weighted by atomic mass is 32.2. The van der Waals surface area contributed by atoms with Crippen LogP contribution in [-0.2, 0) is 9.53 Å². The molecule has 1 N–H and O–H groups in total. The molecule has 2 amide bonds. The largest absolute Gasteiger partial charge is 0.495 e. The number of imide groups is 1. The normalized spacial score (nSPS) is 10.2. The van der Waals surface area contributed by atoms with Crippen LogP contribution in [0, 0.1) is 0 Å². The number of amides is 2. The first-order valence-electron chi connectivity index (χ1n) is 6.78. The van der Waals surface area contributed by atoms with E-state index in [4.69, 9.17) is 4.74 Å².